The van der Waals surface area contributed by atoms with Crippen molar-refractivity contribution in [3.05, 3.63) is 0 Å². The minimum absolute atomic E-state index is 0. The van der Waals surface area contributed by atoms with Gasteiger partial charge < -0.3 is 9.11 Å². The summed E-state index contributed by atoms with van der Waals surface area (Å²) in [5.41, 5.74) is 0. The van der Waals surface area contributed by atoms with Crippen LogP contribution in [0.1, 0.15) is 0 Å². The van der Waals surface area contributed by atoms with Crippen LogP contribution in [0.15, 0.2) is 0 Å². The summed E-state index contributed by atoms with van der Waals surface area (Å²) in [6.07, 6.45) is -15.6. The average Bonchev–Trinajstić information content (AvgIpc) is 2.41. The molecule has 0 unspecified atom stereocenters. The molecule has 190 valence electrons. The first-order valence-corrected chi connectivity index (χ1v) is 7.15. The van der Waals surface area contributed by atoms with Crippen LogP contribution < -0.4 is 59.1 Å². The summed E-state index contributed by atoms with van der Waals surface area (Å²) in [4.78, 5) is 0. The van der Waals surface area contributed by atoms with E-state index in [0.717, 1.165) is 0 Å². The molecule has 0 fully saturated rings. The SMILES string of the molecule is FC(F)(F)C(F)(F)C(F)(F)C(F)(F)C(F)(F)C(F)(F)C(F)(F)C(F)(F)F.O=S(=O)([O-])[O-].[Na+].[Na+]. The largest absolute Gasteiger partial charge is 1.00 e. The summed E-state index contributed by atoms with van der Waals surface area (Å²) < 4.78 is 255. The minimum atomic E-state index is -8.72. The summed E-state index contributed by atoms with van der Waals surface area (Å²) in [6.45, 7) is 0. The van der Waals surface area contributed by atoms with E-state index in [0.29, 0.717) is 0 Å². The van der Waals surface area contributed by atoms with Gasteiger partial charge in [-0.2, -0.15) is 79.0 Å². The van der Waals surface area contributed by atoms with Crippen LogP contribution in [0.25, 0.3) is 0 Å². The zero-order chi connectivity index (χ0) is 26.5. The smallest absolute Gasteiger partial charge is 0.759 e. The number of hydrogen-bond acceptors (Lipinski definition) is 4. The first kappa shape index (κ1) is 40.8. The molecule has 0 aliphatic carbocycles. The van der Waals surface area contributed by atoms with E-state index in [1.165, 1.54) is 0 Å². The van der Waals surface area contributed by atoms with Gasteiger partial charge in [0.25, 0.3) is 0 Å². The number of rotatable bonds is 5. The van der Waals surface area contributed by atoms with Crippen molar-refractivity contribution in [2.75, 3.05) is 0 Å². The van der Waals surface area contributed by atoms with Gasteiger partial charge in [-0.1, -0.05) is 0 Å². The van der Waals surface area contributed by atoms with Gasteiger partial charge in [-0.3, -0.25) is 8.42 Å². The van der Waals surface area contributed by atoms with Gasteiger partial charge in [0.05, 0.1) is 0 Å². The van der Waals surface area contributed by atoms with Gasteiger partial charge >= 0.3 is 107 Å². The minimum Gasteiger partial charge on any atom is -0.759 e. The maximum atomic E-state index is 12.8. The van der Waals surface area contributed by atoms with E-state index in [2.05, 4.69) is 0 Å². The van der Waals surface area contributed by atoms with E-state index in [9.17, 15) is 79.0 Å². The summed E-state index contributed by atoms with van der Waals surface area (Å²) in [7, 11) is -5.17. The van der Waals surface area contributed by atoms with Crippen molar-refractivity contribution < 1.29 is 156 Å². The Bertz CT molecular complexity index is 686. The molecule has 0 amide bonds. The predicted octanol–water partition coefficient (Wildman–Crippen LogP) is -1.41. The Morgan fingerprint density at radius 3 is 0.545 bits per heavy atom. The van der Waals surface area contributed by atoms with E-state index in [-0.39, 0.29) is 59.1 Å². The first-order chi connectivity index (χ1) is 12.8. The second kappa shape index (κ2) is 10.9. The number of halogens is 18. The fraction of sp³-hybridized carbons (Fsp3) is 1.00. The third-order valence-electron chi connectivity index (χ3n) is 2.68. The summed E-state index contributed by atoms with van der Waals surface area (Å²) >= 11 is 0. The Hall–Kier alpha value is 0.610. The Morgan fingerprint density at radius 1 is 0.364 bits per heavy atom. The molecule has 0 saturated carbocycles. The van der Waals surface area contributed by atoms with E-state index >= 15 is 0 Å². The molecule has 0 rings (SSSR count). The van der Waals surface area contributed by atoms with Gasteiger partial charge in [0.1, 0.15) is 0 Å². The number of hydrogen-bond donors (Lipinski definition) is 0. The Balaban J connectivity index is -0.000000539. The van der Waals surface area contributed by atoms with Crippen LogP contribution in [0.5, 0.6) is 0 Å². The topological polar surface area (TPSA) is 80.3 Å². The van der Waals surface area contributed by atoms with Crippen LogP contribution in [0.3, 0.4) is 0 Å². The van der Waals surface area contributed by atoms with Gasteiger partial charge in [0.2, 0.25) is 0 Å². The maximum absolute atomic E-state index is 12.8. The molecule has 4 nitrogen and oxygen atoms in total. The third-order valence-corrected chi connectivity index (χ3v) is 2.68. The van der Waals surface area contributed by atoms with Gasteiger partial charge in [-0.15, -0.1) is 0 Å². The second-order valence-electron chi connectivity index (χ2n) is 4.85. The van der Waals surface area contributed by atoms with E-state index in [4.69, 9.17) is 17.5 Å². The third kappa shape index (κ3) is 7.55. The van der Waals surface area contributed by atoms with Crippen LogP contribution >= 0.6 is 0 Å². The van der Waals surface area contributed by atoms with Crippen molar-refractivity contribution in [1.29, 1.82) is 0 Å². The molecule has 0 bridgehead atoms. The molecular formula is C8F18Na2O4S. The molecule has 0 saturated heterocycles. The van der Waals surface area contributed by atoms with E-state index in [1.807, 2.05) is 0 Å². The Labute approximate surface area is 213 Å². The molecule has 0 N–H and O–H groups in total. The summed E-state index contributed by atoms with van der Waals surface area (Å²) in [5, 5.41) is 0. The fourth-order valence-corrected chi connectivity index (χ4v) is 1.14. The zero-order valence-corrected chi connectivity index (χ0v) is 19.7. The van der Waals surface area contributed by atoms with Crippen molar-refractivity contribution in [2.24, 2.45) is 0 Å². The molecule has 0 heterocycles. The van der Waals surface area contributed by atoms with Gasteiger partial charge in [-0.05, 0) is 0 Å². The molecular weight excluding hydrogens is 580 g/mol. The Morgan fingerprint density at radius 2 is 0.455 bits per heavy atom. The van der Waals surface area contributed by atoms with Gasteiger partial charge in [-0.25, -0.2) is 0 Å². The summed E-state index contributed by atoms with van der Waals surface area (Å²) in [5.74, 6) is -51.0. The monoisotopic (exact) mass is 580 g/mol. The average molecular weight is 580 g/mol. The normalized spacial score (nSPS) is 15.0. The summed E-state index contributed by atoms with van der Waals surface area (Å²) in [6, 6.07) is 0. The van der Waals surface area contributed by atoms with Gasteiger partial charge in [0.15, 0.2) is 0 Å². The molecule has 0 spiro atoms. The van der Waals surface area contributed by atoms with Crippen molar-refractivity contribution >= 4 is 10.4 Å². The molecule has 0 radical (unpaired) electrons. The standard InChI is InChI=1S/C8F18.2Na.H2O4S/c9-1(10,3(13,14)5(17,18)7(21,22)23)2(11,12)4(15,16)6(19,20)8(24,25)26;;;1-5(2,3)4/h;;;(H2,1,2,3,4)/q;2*+1;/p-2. The van der Waals surface area contributed by atoms with E-state index < -0.39 is 58.3 Å². The van der Waals surface area contributed by atoms with Crippen LogP contribution in [-0.4, -0.2) is 65.4 Å². The Kier molecular flexibility index (Phi) is 13.5. The molecule has 0 atom stereocenters. The molecule has 25 heteroatoms. The fourth-order valence-electron chi connectivity index (χ4n) is 1.14. The maximum Gasteiger partial charge on any atom is 1.00 e. The van der Waals surface area contributed by atoms with E-state index in [1.54, 1.807) is 0 Å². The van der Waals surface area contributed by atoms with Crippen molar-refractivity contribution in [2.45, 2.75) is 47.9 Å². The van der Waals surface area contributed by atoms with Gasteiger partial charge in [0, 0.05) is 10.4 Å². The zero-order valence-electron chi connectivity index (χ0n) is 14.8. The molecule has 0 aromatic heterocycles. The molecule has 0 aromatic rings. The van der Waals surface area contributed by atoms with Crippen LogP contribution in [0.4, 0.5) is 79.0 Å². The molecule has 0 aliphatic heterocycles. The first-order valence-electron chi connectivity index (χ1n) is 5.82. The van der Waals surface area contributed by atoms with Crippen molar-refractivity contribution in [1.82, 2.24) is 0 Å². The molecule has 0 aromatic carbocycles. The van der Waals surface area contributed by atoms with Crippen molar-refractivity contribution in [3.8, 4) is 0 Å². The quantitative estimate of drug-likeness (QED) is 0.174. The molecule has 0 aliphatic rings. The van der Waals surface area contributed by atoms with Crippen LogP contribution in [0, 0.1) is 0 Å². The van der Waals surface area contributed by atoms with Crippen LogP contribution in [0.2, 0.25) is 0 Å². The van der Waals surface area contributed by atoms with Crippen molar-refractivity contribution in [3.63, 3.8) is 0 Å². The number of alkyl halides is 18. The van der Waals surface area contributed by atoms with Crippen LogP contribution in [-0.2, 0) is 10.4 Å². The molecule has 33 heavy (non-hydrogen) atoms. The second-order valence-corrected chi connectivity index (χ2v) is 5.67. The predicted molar refractivity (Wildman–Crippen MR) is 52.3 cm³/mol.